The third-order valence-corrected chi connectivity index (χ3v) is 4.28. The molecule has 3 amide bonds. The lowest BCUT2D eigenvalue weighted by atomic mass is 10.1. The average molecular weight is 349 g/mol. The van der Waals surface area contributed by atoms with Crippen LogP contribution in [0.1, 0.15) is 5.56 Å². The quantitative estimate of drug-likeness (QED) is 0.786. The molecule has 1 aliphatic rings. The smallest absolute Gasteiger partial charge is 0.315 e. The van der Waals surface area contributed by atoms with Gasteiger partial charge in [0.1, 0.15) is 6.04 Å². The minimum absolute atomic E-state index is 0.278. The second-order valence-electron chi connectivity index (χ2n) is 5.40. The number of imide groups is 1. The number of carbonyl (C=O) groups is 2. The number of urea groups is 1. The average Bonchev–Trinajstić information content (AvgIpc) is 2.71. The number of carbonyl (C=O) groups excluding carboxylic acids is 2. The Hall–Kier alpha value is -2.04. The highest BCUT2D eigenvalue weighted by Gasteiger charge is 2.43. The molecule has 118 valence electrons. The molecule has 0 aliphatic carbocycles. The standard InChI is InChI=1S/C17H14Cl2N2O2/c1-20-15(7-11-5-3-2-4-6-11)16(22)21(17(20)23)14-9-12(18)8-13(19)10-14/h2-6,8-10,15H,7H2,1H3. The van der Waals surface area contributed by atoms with Gasteiger partial charge < -0.3 is 4.90 Å². The van der Waals surface area contributed by atoms with Gasteiger partial charge in [0, 0.05) is 23.5 Å². The van der Waals surface area contributed by atoms with Crippen molar-refractivity contribution >= 4 is 40.8 Å². The number of amides is 3. The van der Waals surface area contributed by atoms with Gasteiger partial charge >= 0.3 is 6.03 Å². The first kappa shape index (κ1) is 15.8. The van der Waals surface area contributed by atoms with E-state index in [4.69, 9.17) is 23.2 Å². The van der Waals surface area contributed by atoms with Crippen LogP contribution in [0.3, 0.4) is 0 Å². The molecule has 0 bridgehead atoms. The number of rotatable bonds is 3. The van der Waals surface area contributed by atoms with Crippen LogP contribution in [0, 0.1) is 0 Å². The summed E-state index contributed by atoms with van der Waals surface area (Å²) >= 11 is 12.0. The molecule has 23 heavy (non-hydrogen) atoms. The molecular weight excluding hydrogens is 335 g/mol. The van der Waals surface area contributed by atoms with Crippen molar-refractivity contribution in [1.82, 2.24) is 4.90 Å². The van der Waals surface area contributed by atoms with Crippen LogP contribution >= 0.6 is 23.2 Å². The topological polar surface area (TPSA) is 40.6 Å². The van der Waals surface area contributed by atoms with Crippen molar-refractivity contribution in [2.45, 2.75) is 12.5 Å². The number of halogens is 2. The van der Waals surface area contributed by atoms with Crippen LogP contribution in [0.5, 0.6) is 0 Å². The minimum atomic E-state index is -0.539. The summed E-state index contributed by atoms with van der Waals surface area (Å²) in [5.74, 6) is -0.278. The zero-order valence-corrected chi connectivity index (χ0v) is 13.9. The second kappa shape index (κ2) is 6.22. The molecule has 0 radical (unpaired) electrons. The Morgan fingerprint density at radius 2 is 1.61 bits per heavy atom. The monoisotopic (exact) mass is 348 g/mol. The van der Waals surface area contributed by atoms with Crippen molar-refractivity contribution in [3.63, 3.8) is 0 Å². The Labute approximate surface area is 144 Å². The summed E-state index contributed by atoms with van der Waals surface area (Å²) in [5, 5.41) is 0.754. The number of hydrogen-bond donors (Lipinski definition) is 0. The highest BCUT2D eigenvalue weighted by molar-refractivity contribution is 6.35. The second-order valence-corrected chi connectivity index (χ2v) is 6.27. The summed E-state index contributed by atoms with van der Waals surface area (Å²) in [6.07, 6.45) is 0.465. The van der Waals surface area contributed by atoms with E-state index < -0.39 is 6.04 Å². The Kier molecular flexibility index (Phi) is 4.28. The summed E-state index contributed by atoms with van der Waals surface area (Å²) < 4.78 is 0. The number of benzene rings is 2. The molecule has 1 fully saturated rings. The predicted molar refractivity (Wildman–Crippen MR) is 91.0 cm³/mol. The van der Waals surface area contributed by atoms with Gasteiger partial charge in [-0.25, -0.2) is 9.69 Å². The van der Waals surface area contributed by atoms with Gasteiger partial charge in [-0.2, -0.15) is 0 Å². The Bertz CT molecular complexity index is 744. The van der Waals surface area contributed by atoms with Crippen LogP contribution in [0.25, 0.3) is 0 Å². The van der Waals surface area contributed by atoms with E-state index in [9.17, 15) is 9.59 Å². The van der Waals surface area contributed by atoms with Crippen molar-refractivity contribution in [3.8, 4) is 0 Å². The molecule has 2 aromatic rings. The molecule has 2 aromatic carbocycles. The third-order valence-electron chi connectivity index (χ3n) is 3.84. The summed E-state index contributed by atoms with van der Waals surface area (Å²) in [6, 6.07) is 13.4. The van der Waals surface area contributed by atoms with E-state index >= 15 is 0 Å². The molecule has 1 saturated heterocycles. The van der Waals surface area contributed by atoms with Crippen molar-refractivity contribution in [1.29, 1.82) is 0 Å². The van der Waals surface area contributed by atoms with Gasteiger partial charge in [-0.05, 0) is 23.8 Å². The lowest BCUT2D eigenvalue weighted by Gasteiger charge is -2.15. The molecule has 3 rings (SSSR count). The molecule has 6 heteroatoms. The van der Waals surface area contributed by atoms with Crippen LogP contribution < -0.4 is 4.90 Å². The van der Waals surface area contributed by atoms with Gasteiger partial charge in [0.2, 0.25) is 0 Å². The molecular formula is C17H14Cl2N2O2. The lowest BCUT2D eigenvalue weighted by molar-refractivity contribution is -0.119. The van der Waals surface area contributed by atoms with Gasteiger partial charge in [0.05, 0.1) is 5.69 Å². The van der Waals surface area contributed by atoms with E-state index in [1.807, 2.05) is 30.3 Å². The maximum Gasteiger partial charge on any atom is 0.331 e. The highest BCUT2D eigenvalue weighted by Crippen LogP contribution is 2.30. The SMILES string of the molecule is CN1C(=O)N(c2cc(Cl)cc(Cl)c2)C(=O)C1Cc1ccccc1. The van der Waals surface area contributed by atoms with Crippen molar-refractivity contribution < 1.29 is 9.59 Å². The Balaban J connectivity index is 1.92. The first-order valence-electron chi connectivity index (χ1n) is 7.08. The molecule has 4 nitrogen and oxygen atoms in total. The number of nitrogens with zero attached hydrogens (tertiary/aromatic N) is 2. The molecule has 1 aliphatic heterocycles. The third kappa shape index (κ3) is 3.05. The fourth-order valence-electron chi connectivity index (χ4n) is 2.67. The minimum Gasteiger partial charge on any atom is -0.315 e. The van der Waals surface area contributed by atoms with Gasteiger partial charge in [0.25, 0.3) is 5.91 Å². The molecule has 0 saturated carbocycles. The molecule has 0 spiro atoms. The molecule has 1 heterocycles. The van der Waals surface area contributed by atoms with E-state index in [2.05, 4.69) is 0 Å². The molecule has 0 N–H and O–H groups in total. The van der Waals surface area contributed by atoms with Crippen LogP contribution in [0.2, 0.25) is 10.0 Å². The van der Waals surface area contributed by atoms with E-state index in [0.717, 1.165) is 10.5 Å². The molecule has 1 atom stereocenters. The maximum atomic E-state index is 12.7. The van der Waals surface area contributed by atoms with Crippen molar-refractivity contribution in [3.05, 3.63) is 64.1 Å². The predicted octanol–water partition coefficient (Wildman–Crippen LogP) is 4.00. The summed E-state index contributed by atoms with van der Waals surface area (Å²) in [6.45, 7) is 0. The van der Waals surface area contributed by atoms with Crippen molar-refractivity contribution in [2.75, 3.05) is 11.9 Å². The molecule has 0 aromatic heterocycles. The Morgan fingerprint density at radius 1 is 1.00 bits per heavy atom. The van der Waals surface area contributed by atoms with E-state index in [1.54, 1.807) is 25.2 Å². The zero-order valence-electron chi connectivity index (χ0n) is 12.4. The summed E-state index contributed by atoms with van der Waals surface area (Å²) in [4.78, 5) is 27.8. The number of anilines is 1. The summed E-state index contributed by atoms with van der Waals surface area (Å²) in [7, 11) is 1.62. The van der Waals surface area contributed by atoms with Crippen LogP contribution in [0.4, 0.5) is 10.5 Å². The van der Waals surface area contributed by atoms with Gasteiger partial charge in [0.15, 0.2) is 0 Å². The van der Waals surface area contributed by atoms with Crippen LogP contribution in [0.15, 0.2) is 48.5 Å². The largest absolute Gasteiger partial charge is 0.331 e. The van der Waals surface area contributed by atoms with E-state index in [0.29, 0.717) is 22.2 Å². The molecule has 1 unspecified atom stereocenters. The lowest BCUT2D eigenvalue weighted by Crippen LogP contribution is -2.33. The van der Waals surface area contributed by atoms with Crippen LogP contribution in [-0.4, -0.2) is 29.9 Å². The van der Waals surface area contributed by atoms with Crippen molar-refractivity contribution in [2.24, 2.45) is 0 Å². The van der Waals surface area contributed by atoms with Crippen LogP contribution in [-0.2, 0) is 11.2 Å². The fraction of sp³-hybridized carbons (Fsp3) is 0.176. The van der Waals surface area contributed by atoms with E-state index in [1.165, 1.54) is 4.90 Å². The van der Waals surface area contributed by atoms with Gasteiger partial charge in [-0.15, -0.1) is 0 Å². The number of likely N-dealkylation sites (N-methyl/N-ethyl adjacent to an activating group) is 1. The first-order chi connectivity index (χ1) is 11.0. The zero-order chi connectivity index (χ0) is 16.6. The maximum absolute atomic E-state index is 12.7. The van der Waals surface area contributed by atoms with Gasteiger partial charge in [-0.1, -0.05) is 53.5 Å². The van der Waals surface area contributed by atoms with E-state index in [-0.39, 0.29) is 11.9 Å². The Morgan fingerprint density at radius 3 is 2.22 bits per heavy atom. The summed E-state index contributed by atoms with van der Waals surface area (Å²) in [5.41, 5.74) is 1.39. The highest BCUT2D eigenvalue weighted by atomic mass is 35.5. The first-order valence-corrected chi connectivity index (χ1v) is 7.84. The van der Waals surface area contributed by atoms with Gasteiger partial charge in [-0.3, -0.25) is 4.79 Å². The fourth-order valence-corrected chi connectivity index (χ4v) is 3.18. The number of hydrogen-bond acceptors (Lipinski definition) is 2. The normalized spacial score (nSPS) is 18.0.